The highest BCUT2D eigenvalue weighted by Gasteiger charge is 2.64. The van der Waals surface area contributed by atoms with Gasteiger partial charge in [-0.15, -0.1) is 0 Å². The van der Waals surface area contributed by atoms with Gasteiger partial charge in [0.2, 0.25) is 0 Å². The van der Waals surface area contributed by atoms with Gasteiger partial charge in [-0.2, -0.15) is 8.42 Å². The van der Waals surface area contributed by atoms with Crippen molar-refractivity contribution in [1.82, 2.24) is 0 Å². The molecule has 496 valence electrons. The summed E-state index contributed by atoms with van der Waals surface area (Å²) in [6, 6.07) is 0. The lowest BCUT2D eigenvalue weighted by Crippen LogP contribution is -2.68. The number of rotatable bonds is 18. The van der Waals surface area contributed by atoms with E-state index in [1.807, 2.05) is 6.92 Å². The van der Waals surface area contributed by atoms with Crippen molar-refractivity contribution in [1.29, 1.82) is 0 Å². The van der Waals surface area contributed by atoms with Crippen LogP contribution in [0, 0.1) is 40.4 Å². The lowest BCUT2D eigenvalue weighted by molar-refractivity contribution is -0.408. The minimum atomic E-state index is -4.88. The van der Waals surface area contributed by atoms with Crippen molar-refractivity contribution in [3.63, 3.8) is 0 Å². The number of fused-ring (bicyclic) bond motifs is 5. The van der Waals surface area contributed by atoms with Crippen LogP contribution < -0.4 is 0 Å². The molecule has 0 aromatic carbocycles. The molecule has 0 aromatic rings. The molecule has 34 atom stereocenters. The summed E-state index contributed by atoms with van der Waals surface area (Å²) in [6.45, 7) is 19.3. The SMILES string of the molecule is C=C(CC[C@](C)(O)[C@H]1CC[C@H]2[C@@H]3C[C@H](O[C@@H]4O[C@H](C)[C@@H](O)[C@H](O[C@@H]5O[C@H](CO)[C@@H](O[C@@H]6O[C@H](C)[C@H](O)[C@H](O)[C@H]6O[C@@H]6O[C@H](C)[C@H](O)[C@H](O)[C@H]6O)[C@H](O)[C@H]5O[C@@H]5O[C@H](C)[C@@H](O)[C@H](O)[C@H]5O)[C@H]4O)[C@H]4C[C@@H](OS(=O)(=O)O)CC[C@]4(C)C3=CC[C@@]21C)C(C)C. The summed E-state index contributed by atoms with van der Waals surface area (Å²) in [6.07, 6.45) is -37.4. The fourth-order valence-corrected chi connectivity index (χ4v) is 16.4. The summed E-state index contributed by atoms with van der Waals surface area (Å²) in [5.41, 5.74) is 0.281. The third-order valence-electron chi connectivity index (χ3n) is 21.2. The Kier molecular flexibility index (Phi) is 21.1. The molecule has 5 heterocycles. The van der Waals surface area contributed by atoms with Gasteiger partial charge >= 0.3 is 10.4 Å². The average Bonchev–Trinajstić information content (AvgIpc) is 1.33. The average molecular weight is 1260 g/mol. The maximum Gasteiger partial charge on any atom is 0.397 e. The fourth-order valence-electron chi connectivity index (χ4n) is 15.8. The van der Waals surface area contributed by atoms with E-state index in [2.05, 4.69) is 40.3 Å². The molecular weight excluding hydrogens is 1160 g/mol. The van der Waals surface area contributed by atoms with E-state index in [4.69, 9.17) is 51.6 Å². The van der Waals surface area contributed by atoms with E-state index in [0.717, 1.165) is 18.4 Å². The van der Waals surface area contributed by atoms with Crippen LogP contribution in [0.25, 0.3) is 0 Å². The molecule has 0 amide bonds. The molecule has 14 N–H and O–H groups in total. The van der Waals surface area contributed by atoms with Crippen LogP contribution >= 0.6 is 0 Å². The number of hydrogen-bond donors (Lipinski definition) is 14. The molecule has 28 heteroatoms. The largest absolute Gasteiger partial charge is 0.397 e. The normalized spacial score (nSPS) is 51.7. The molecule has 0 unspecified atom stereocenters. The second-order valence-corrected chi connectivity index (χ2v) is 28.1. The molecule has 4 aliphatic carbocycles. The quantitative estimate of drug-likeness (QED) is 0.0560. The molecule has 9 aliphatic rings. The van der Waals surface area contributed by atoms with Gasteiger partial charge in [-0.25, -0.2) is 4.18 Å². The fraction of sp³-hybridized carbons (Fsp3) is 0.931. The zero-order chi connectivity index (χ0) is 63.2. The molecule has 0 aromatic heterocycles. The van der Waals surface area contributed by atoms with Crippen LogP contribution in [0.1, 0.15) is 120 Å². The lowest BCUT2D eigenvalue weighted by atomic mass is 9.47. The van der Waals surface area contributed by atoms with Gasteiger partial charge in [0, 0.05) is 0 Å². The summed E-state index contributed by atoms with van der Waals surface area (Å²) in [5, 5.41) is 147. The van der Waals surface area contributed by atoms with Gasteiger partial charge in [0.05, 0.1) is 48.8 Å². The van der Waals surface area contributed by atoms with Crippen molar-refractivity contribution < 1.29 is 131 Å². The molecule has 27 nitrogen and oxygen atoms in total. The first-order valence-corrected chi connectivity index (χ1v) is 31.9. The first-order chi connectivity index (χ1) is 40.1. The summed E-state index contributed by atoms with van der Waals surface area (Å²) in [4.78, 5) is 0. The molecule has 0 bridgehead atoms. The topological polar surface area (TPSA) is 419 Å². The summed E-state index contributed by atoms with van der Waals surface area (Å²) < 4.78 is 101. The number of hydrogen-bond acceptors (Lipinski definition) is 26. The molecule has 5 saturated heterocycles. The van der Waals surface area contributed by atoms with Crippen LogP contribution in [0.5, 0.6) is 0 Å². The first-order valence-electron chi connectivity index (χ1n) is 30.5. The Morgan fingerprint density at radius 2 is 1.13 bits per heavy atom. The molecule has 9 rings (SSSR count). The Morgan fingerprint density at radius 3 is 1.69 bits per heavy atom. The van der Waals surface area contributed by atoms with E-state index in [1.165, 1.54) is 33.3 Å². The Bertz CT molecular complexity index is 2460. The smallest absolute Gasteiger partial charge is 0.394 e. The Labute approximate surface area is 502 Å². The van der Waals surface area contributed by atoms with Gasteiger partial charge in [0.1, 0.15) is 97.7 Å². The predicted molar refractivity (Wildman–Crippen MR) is 294 cm³/mol. The van der Waals surface area contributed by atoms with Crippen molar-refractivity contribution in [2.24, 2.45) is 40.4 Å². The monoisotopic (exact) mass is 1260 g/mol. The third kappa shape index (κ3) is 13.3. The van der Waals surface area contributed by atoms with Gasteiger partial charge < -0.3 is 114 Å². The van der Waals surface area contributed by atoms with Gasteiger partial charge in [-0.3, -0.25) is 4.55 Å². The molecule has 86 heavy (non-hydrogen) atoms. The van der Waals surface area contributed by atoms with E-state index in [0.29, 0.717) is 32.1 Å². The highest BCUT2D eigenvalue weighted by molar-refractivity contribution is 7.80. The van der Waals surface area contributed by atoms with E-state index in [-0.39, 0.29) is 41.9 Å². The van der Waals surface area contributed by atoms with Crippen molar-refractivity contribution in [2.45, 2.75) is 291 Å². The summed E-state index contributed by atoms with van der Waals surface area (Å²) in [7, 11) is -4.88. The molecule has 5 aliphatic heterocycles. The van der Waals surface area contributed by atoms with Crippen molar-refractivity contribution in [3.8, 4) is 0 Å². The van der Waals surface area contributed by atoms with Gasteiger partial charge in [-0.05, 0) is 133 Å². The molecule has 0 spiro atoms. The van der Waals surface area contributed by atoms with Crippen molar-refractivity contribution in [3.05, 3.63) is 23.8 Å². The Morgan fingerprint density at radius 1 is 0.628 bits per heavy atom. The van der Waals surface area contributed by atoms with Gasteiger partial charge in [-0.1, -0.05) is 51.5 Å². The number of aliphatic hydroxyl groups excluding tert-OH is 12. The number of aliphatic hydroxyl groups is 13. The van der Waals surface area contributed by atoms with Crippen LogP contribution in [0.3, 0.4) is 0 Å². The highest BCUT2D eigenvalue weighted by atomic mass is 32.3. The zero-order valence-corrected chi connectivity index (χ0v) is 51.1. The van der Waals surface area contributed by atoms with E-state index < -0.39 is 200 Å². The molecule has 8 fully saturated rings. The van der Waals surface area contributed by atoms with Crippen LogP contribution in [-0.2, 0) is 62.0 Å². The second-order valence-electron chi connectivity index (χ2n) is 27.1. The third-order valence-corrected chi connectivity index (χ3v) is 21.7. The standard InChI is InChI=1S/C58H96O27S/c1-22(2)23(3)13-18-58(10,71)35-12-11-30-29-20-33(32-19-28(85-86(72,73)74)14-16-56(32,8)31(29)15-17-57(30,35)9)79-53-46(70)48(39(63)27(7)77-53)82-55-50(84-52-44(68)41(65)37(61)25(5)76-52)45(69)47(34(21-59)80-55)81-54-49(42(66)38(62)26(6)78-54)83-51-43(67)40(64)36(60)24(4)75-51/h15,22,24-30,32-55,59-71H,3,11-14,16-21H2,1-2,4-10H3,(H,72,73,74)/t24-,25-,26-,27-,28+,29+,30+,32-,33+,34-,35+,36+,37-,38+,39-,40+,41+,42+,43-,44-,45+,46-,47-,48+,49-,50-,51+,52+,53+,54+,55+,56-,57+,58+/m1/s1. The van der Waals surface area contributed by atoms with Crippen molar-refractivity contribution in [2.75, 3.05) is 6.61 Å². The van der Waals surface area contributed by atoms with Crippen LogP contribution in [0.2, 0.25) is 0 Å². The maximum atomic E-state index is 12.5. The number of ether oxygens (including phenoxy) is 10. The summed E-state index contributed by atoms with van der Waals surface area (Å²) in [5.74, 6) is -0.315. The minimum Gasteiger partial charge on any atom is -0.394 e. The molecular formula is C58H96O27S. The second kappa shape index (κ2) is 26.4. The Hall–Kier alpha value is -1.57. The van der Waals surface area contributed by atoms with Crippen LogP contribution in [0.4, 0.5) is 0 Å². The predicted octanol–water partition coefficient (Wildman–Crippen LogP) is -1.30. The van der Waals surface area contributed by atoms with E-state index in [9.17, 15) is 79.4 Å². The number of allylic oxidation sites excluding steroid dienone is 3. The van der Waals surface area contributed by atoms with Crippen LogP contribution in [0.15, 0.2) is 23.8 Å². The first kappa shape index (κ1) is 68.8. The lowest BCUT2D eigenvalue weighted by Gasteiger charge is -2.60. The summed E-state index contributed by atoms with van der Waals surface area (Å²) >= 11 is 0. The van der Waals surface area contributed by atoms with E-state index >= 15 is 0 Å². The molecule has 3 saturated carbocycles. The highest BCUT2D eigenvalue weighted by Crippen LogP contribution is 2.67. The van der Waals surface area contributed by atoms with Crippen molar-refractivity contribution >= 4 is 10.4 Å². The zero-order valence-electron chi connectivity index (χ0n) is 50.3. The maximum absolute atomic E-state index is 12.5. The van der Waals surface area contributed by atoms with Gasteiger partial charge in [0.25, 0.3) is 0 Å². The Balaban J connectivity index is 1.00. The van der Waals surface area contributed by atoms with Crippen LogP contribution in [-0.4, -0.2) is 257 Å². The molecule has 0 radical (unpaired) electrons. The van der Waals surface area contributed by atoms with E-state index in [1.54, 1.807) is 0 Å². The van der Waals surface area contributed by atoms with Gasteiger partial charge in [0.15, 0.2) is 31.5 Å². The minimum absolute atomic E-state index is 0.0659.